The van der Waals surface area contributed by atoms with Crippen molar-refractivity contribution in [2.24, 2.45) is 11.8 Å². The van der Waals surface area contributed by atoms with Crippen LogP contribution in [0.4, 0.5) is 11.6 Å². The number of carbonyl (C=O) groups excluding carboxylic acids is 1. The van der Waals surface area contributed by atoms with Crippen LogP contribution in [0, 0.1) is 25.7 Å². The summed E-state index contributed by atoms with van der Waals surface area (Å²) in [5.74, 6) is 1.65. The number of nitrogens with one attached hydrogen (secondary N) is 1. The zero-order valence-corrected chi connectivity index (χ0v) is 15.9. The van der Waals surface area contributed by atoms with E-state index in [-0.39, 0.29) is 23.9 Å². The molecule has 5 heteroatoms. The van der Waals surface area contributed by atoms with E-state index in [1.807, 2.05) is 17.9 Å². The van der Waals surface area contributed by atoms with Gasteiger partial charge in [-0.3, -0.25) is 4.79 Å². The zero-order chi connectivity index (χ0) is 18.4. The monoisotopic (exact) mass is 350 g/mol. The van der Waals surface area contributed by atoms with Crippen LogP contribution < -0.4 is 10.2 Å². The van der Waals surface area contributed by atoms with Gasteiger partial charge in [-0.2, -0.15) is 0 Å². The summed E-state index contributed by atoms with van der Waals surface area (Å²) in [6, 6.07) is 8.60. The summed E-state index contributed by atoms with van der Waals surface area (Å²) in [5, 5.41) is 3.57. The topological polar surface area (TPSA) is 58.1 Å². The molecule has 3 atom stereocenters. The van der Waals surface area contributed by atoms with Gasteiger partial charge in [0.05, 0.1) is 6.04 Å². The van der Waals surface area contributed by atoms with Gasteiger partial charge in [-0.1, -0.05) is 24.6 Å². The summed E-state index contributed by atoms with van der Waals surface area (Å²) in [6.07, 6.45) is 4.19. The highest BCUT2D eigenvalue weighted by atomic mass is 16.2. The van der Waals surface area contributed by atoms with Crippen molar-refractivity contribution < 1.29 is 4.79 Å². The summed E-state index contributed by atoms with van der Waals surface area (Å²) in [4.78, 5) is 23.5. The van der Waals surface area contributed by atoms with Crippen LogP contribution in [0.1, 0.15) is 49.6 Å². The van der Waals surface area contributed by atoms with Gasteiger partial charge in [-0.05, 0) is 50.3 Å². The van der Waals surface area contributed by atoms with Crippen LogP contribution in [0.15, 0.2) is 30.5 Å². The SMILES string of the molecule is CC(=O)N1c2ccc(C)cc2C(Nc2nccc(C)n2)C(C)C1C1CC1. The fourth-order valence-electron chi connectivity index (χ4n) is 4.34. The molecule has 1 fully saturated rings. The van der Waals surface area contributed by atoms with E-state index in [0.717, 1.165) is 16.9 Å². The van der Waals surface area contributed by atoms with Gasteiger partial charge in [0.25, 0.3) is 0 Å². The van der Waals surface area contributed by atoms with Gasteiger partial charge >= 0.3 is 0 Å². The predicted molar refractivity (Wildman–Crippen MR) is 103 cm³/mol. The minimum absolute atomic E-state index is 0.0906. The number of benzene rings is 1. The number of aryl methyl sites for hydroxylation is 2. The lowest BCUT2D eigenvalue weighted by molar-refractivity contribution is -0.117. The third-order valence-corrected chi connectivity index (χ3v) is 5.66. The molecule has 2 aliphatic rings. The molecule has 2 heterocycles. The number of fused-ring (bicyclic) bond motifs is 1. The Balaban J connectivity index is 1.80. The molecule has 1 aliphatic heterocycles. The normalized spacial score (nSPS) is 24.9. The number of anilines is 2. The van der Waals surface area contributed by atoms with Crippen molar-refractivity contribution in [2.75, 3.05) is 10.2 Å². The lowest BCUT2D eigenvalue weighted by Crippen LogP contribution is -2.51. The number of hydrogen-bond acceptors (Lipinski definition) is 4. The van der Waals surface area contributed by atoms with Crippen LogP contribution in [0.25, 0.3) is 0 Å². The summed E-state index contributed by atoms with van der Waals surface area (Å²) >= 11 is 0. The molecule has 1 aromatic carbocycles. The average Bonchev–Trinajstić information content (AvgIpc) is 3.41. The van der Waals surface area contributed by atoms with Gasteiger partial charge in [0.2, 0.25) is 11.9 Å². The van der Waals surface area contributed by atoms with Gasteiger partial charge in [0.1, 0.15) is 0 Å². The third kappa shape index (κ3) is 2.96. The first-order valence-electron chi connectivity index (χ1n) is 9.42. The Morgan fingerprint density at radius 3 is 2.65 bits per heavy atom. The molecule has 26 heavy (non-hydrogen) atoms. The van der Waals surface area contributed by atoms with Gasteiger partial charge in [-0.15, -0.1) is 0 Å². The van der Waals surface area contributed by atoms with Gasteiger partial charge < -0.3 is 10.2 Å². The molecule has 0 saturated heterocycles. The Kier molecular flexibility index (Phi) is 4.17. The van der Waals surface area contributed by atoms with Crippen LogP contribution in [-0.4, -0.2) is 21.9 Å². The molecular formula is C21H26N4O. The first-order chi connectivity index (χ1) is 12.5. The van der Waals surface area contributed by atoms with E-state index >= 15 is 0 Å². The first kappa shape index (κ1) is 17.0. The molecule has 0 radical (unpaired) electrons. The van der Waals surface area contributed by atoms with Crippen LogP contribution in [0.3, 0.4) is 0 Å². The van der Waals surface area contributed by atoms with Gasteiger partial charge in [0.15, 0.2) is 0 Å². The Hall–Kier alpha value is -2.43. The van der Waals surface area contributed by atoms with Crippen LogP contribution in [0.2, 0.25) is 0 Å². The maximum absolute atomic E-state index is 12.5. The van der Waals surface area contributed by atoms with Crippen molar-refractivity contribution in [2.45, 2.75) is 52.6 Å². The predicted octanol–water partition coefficient (Wildman–Crippen LogP) is 4.03. The van der Waals surface area contributed by atoms with Gasteiger partial charge in [-0.25, -0.2) is 9.97 Å². The van der Waals surface area contributed by atoms with Crippen molar-refractivity contribution >= 4 is 17.5 Å². The van der Waals surface area contributed by atoms with Crippen molar-refractivity contribution in [1.82, 2.24) is 9.97 Å². The molecular weight excluding hydrogens is 324 g/mol. The summed E-state index contributed by atoms with van der Waals surface area (Å²) in [6.45, 7) is 8.00. The summed E-state index contributed by atoms with van der Waals surface area (Å²) in [7, 11) is 0. The second kappa shape index (κ2) is 6.38. The molecule has 0 spiro atoms. The molecule has 1 N–H and O–H groups in total. The lowest BCUT2D eigenvalue weighted by Gasteiger charge is -2.45. The Morgan fingerprint density at radius 1 is 1.23 bits per heavy atom. The van der Waals surface area contributed by atoms with E-state index in [1.165, 1.54) is 18.4 Å². The molecule has 3 unspecified atom stereocenters. The highest BCUT2D eigenvalue weighted by Crippen LogP contribution is 2.49. The van der Waals surface area contributed by atoms with Crippen molar-refractivity contribution in [3.63, 3.8) is 0 Å². The number of hydrogen-bond donors (Lipinski definition) is 1. The minimum Gasteiger partial charge on any atom is -0.347 e. The maximum Gasteiger partial charge on any atom is 0.224 e. The molecule has 0 bridgehead atoms. The van der Waals surface area contributed by atoms with Gasteiger partial charge in [0, 0.05) is 36.5 Å². The van der Waals surface area contributed by atoms with E-state index in [2.05, 4.69) is 47.3 Å². The fraction of sp³-hybridized carbons (Fsp3) is 0.476. The molecule has 1 saturated carbocycles. The van der Waals surface area contributed by atoms with E-state index in [0.29, 0.717) is 11.9 Å². The smallest absolute Gasteiger partial charge is 0.224 e. The Labute approximate surface area is 154 Å². The zero-order valence-electron chi connectivity index (χ0n) is 15.9. The maximum atomic E-state index is 12.5. The summed E-state index contributed by atoms with van der Waals surface area (Å²) < 4.78 is 0. The molecule has 1 amide bonds. The second-order valence-electron chi connectivity index (χ2n) is 7.78. The molecule has 5 nitrogen and oxygen atoms in total. The summed E-state index contributed by atoms with van der Waals surface area (Å²) in [5.41, 5.74) is 4.33. The highest BCUT2D eigenvalue weighted by molar-refractivity contribution is 5.94. The van der Waals surface area contributed by atoms with E-state index in [9.17, 15) is 4.79 Å². The van der Waals surface area contributed by atoms with Crippen molar-refractivity contribution in [3.05, 3.63) is 47.3 Å². The van der Waals surface area contributed by atoms with Crippen molar-refractivity contribution in [3.8, 4) is 0 Å². The molecule has 1 aliphatic carbocycles. The number of rotatable bonds is 3. The standard InChI is InChI=1S/C21H26N4O/c1-12-5-8-18-17(11-12)19(24-21-22-10-9-13(2)23-21)14(3)20(16-6-7-16)25(18)15(4)26/h5,8-11,14,16,19-20H,6-7H2,1-4H3,(H,22,23,24). The highest BCUT2D eigenvalue weighted by Gasteiger charge is 2.47. The largest absolute Gasteiger partial charge is 0.347 e. The molecule has 4 rings (SSSR count). The molecule has 1 aromatic heterocycles. The second-order valence-corrected chi connectivity index (χ2v) is 7.78. The van der Waals surface area contributed by atoms with Crippen LogP contribution >= 0.6 is 0 Å². The number of carbonyl (C=O) groups is 1. The minimum atomic E-state index is 0.0906. The Bertz CT molecular complexity index is 846. The Morgan fingerprint density at radius 2 is 2.00 bits per heavy atom. The fourth-order valence-corrected chi connectivity index (χ4v) is 4.34. The number of amides is 1. The molecule has 136 valence electrons. The average molecular weight is 350 g/mol. The van der Waals surface area contributed by atoms with Crippen molar-refractivity contribution in [1.29, 1.82) is 0 Å². The van der Waals surface area contributed by atoms with E-state index < -0.39 is 0 Å². The van der Waals surface area contributed by atoms with E-state index in [4.69, 9.17) is 0 Å². The molecule has 2 aromatic rings. The quantitative estimate of drug-likeness (QED) is 0.908. The van der Waals surface area contributed by atoms with Crippen LogP contribution in [0.5, 0.6) is 0 Å². The van der Waals surface area contributed by atoms with Crippen LogP contribution in [-0.2, 0) is 4.79 Å². The first-order valence-corrected chi connectivity index (χ1v) is 9.42. The number of nitrogens with zero attached hydrogens (tertiary/aromatic N) is 3. The van der Waals surface area contributed by atoms with E-state index in [1.54, 1.807) is 13.1 Å². The number of aromatic nitrogens is 2. The lowest BCUT2D eigenvalue weighted by atomic mass is 9.79. The third-order valence-electron chi connectivity index (χ3n) is 5.66.